The van der Waals surface area contributed by atoms with Crippen molar-refractivity contribution in [1.82, 2.24) is 4.57 Å². The molecule has 0 bridgehead atoms. The zero-order chi connectivity index (χ0) is 72.4. The first-order chi connectivity index (χ1) is 49.8. The molecule has 96 heavy (non-hydrogen) atoms. The van der Waals surface area contributed by atoms with Crippen molar-refractivity contribution in [2.45, 2.75) is 93.8 Å². The lowest BCUT2D eigenvalue weighted by Crippen LogP contribution is -2.60. The number of nitrogens with zero attached hydrogens (tertiary/aromatic N) is 2. The summed E-state index contributed by atoms with van der Waals surface area (Å²) in [5.74, 6) is 1.54. The zero-order valence-electron chi connectivity index (χ0n) is 63.4. The van der Waals surface area contributed by atoms with Gasteiger partial charge in [-0.25, -0.2) is 0 Å². The number of anilines is 3. The predicted octanol–water partition coefficient (Wildman–Crippen LogP) is 22.6. The van der Waals surface area contributed by atoms with E-state index in [-0.39, 0.29) is 68.9 Å². The van der Waals surface area contributed by atoms with Gasteiger partial charge in [-0.1, -0.05) is 298 Å². The minimum Gasteiger partial charge on any atom is -0.457 e. The Balaban J connectivity index is 1.02. The fourth-order valence-corrected chi connectivity index (χ4v) is 16.4. The van der Waals surface area contributed by atoms with E-state index in [0.717, 1.165) is 127 Å². The molecule has 0 saturated carbocycles. The van der Waals surface area contributed by atoms with Gasteiger partial charge in [-0.3, -0.25) is 0 Å². The summed E-state index contributed by atoms with van der Waals surface area (Å²) in [5.41, 5.74) is 21.0. The molecule has 0 N–H and O–H groups in total. The second kappa shape index (κ2) is 22.4. The standard InChI is InChI=1S/C91H75BN2OS/c1-88(2,3)66-48-62(49-67(54-66)89(4,5)6)61-42-45-77-84(52-61)96-85-53-63(60-43-47-83-75(50-60)91(64-32-18-12-19-33-64,65-34-20-13-21-35-65)74-38-24-27-41-82(74)95-83)51-81-86(85)92(77)76-46-44-69(93-78-39-25-22-36-70(78)71-37-23-26-40-79(71)93)57-80(76)94(81)87-72(58-28-14-10-15-29-58)55-68(90(7,8)9)56-73(87)59-30-16-11-17-31-59/h10-57H,1-9H3/i22D,23D,25D,26D,36D,37D,39D,40D. The number of hydrogen-bond donors (Lipinski definition) is 0. The van der Waals surface area contributed by atoms with Crippen molar-refractivity contribution in [3.05, 3.63) is 330 Å². The first-order valence-corrected chi connectivity index (χ1v) is 34.1. The van der Waals surface area contributed by atoms with Gasteiger partial charge in [0.1, 0.15) is 11.5 Å². The zero-order valence-corrected chi connectivity index (χ0v) is 56.2. The Morgan fingerprint density at radius 3 is 1.48 bits per heavy atom. The molecule has 0 saturated heterocycles. The molecule has 1 aromatic heterocycles. The molecule has 13 aromatic carbocycles. The van der Waals surface area contributed by atoms with Gasteiger partial charge in [0.05, 0.1) is 33.1 Å². The van der Waals surface area contributed by atoms with Crippen molar-refractivity contribution in [2.75, 3.05) is 4.90 Å². The molecule has 0 radical (unpaired) electrons. The summed E-state index contributed by atoms with van der Waals surface area (Å²) in [6.07, 6.45) is 0. The van der Waals surface area contributed by atoms with Crippen molar-refractivity contribution in [1.29, 1.82) is 0 Å². The largest absolute Gasteiger partial charge is 0.457 e. The number of fused-ring (bicyclic) bond motifs is 9. The Kier molecular flexibility index (Phi) is 11.9. The van der Waals surface area contributed by atoms with E-state index >= 15 is 0 Å². The minimum atomic E-state index is -0.819. The van der Waals surface area contributed by atoms with Gasteiger partial charge in [-0.15, -0.1) is 0 Å². The highest BCUT2D eigenvalue weighted by Gasteiger charge is 2.47. The fraction of sp³-hybridized carbons (Fsp3) is 0.143. The Bertz CT molecular complexity index is 5710. The normalized spacial score (nSPS) is 14.9. The van der Waals surface area contributed by atoms with Crippen LogP contribution in [0.1, 0.15) is 112 Å². The van der Waals surface area contributed by atoms with Crippen LogP contribution in [0.15, 0.2) is 301 Å². The molecule has 0 spiro atoms. The monoisotopic (exact) mass is 1260 g/mol. The summed E-state index contributed by atoms with van der Waals surface area (Å²) in [6.45, 7) is 20.1. The van der Waals surface area contributed by atoms with Gasteiger partial charge in [0.25, 0.3) is 0 Å². The van der Waals surface area contributed by atoms with Crippen LogP contribution in [-0.2, 0) is 21.7 Å². The molecule has 0 fully saturated rings. The third-order valence-corrected chi connectivity index (χ3v) is 21.2. The molecule has 5 heteroatoms. The number of ether oxygens (including phenoxy) is 1. The summed E-state index contributed by atoms with van der Waals surface area (Å²) in [4.78, 5) is 4.62. The molecule has 3 aliphatic rings. The third kappa shape index (κ3) is 9.63. The first kappa shape index (κ1) is 51.1. The van der Waals surface area contributed by atoms with E-state index in [2.05, 4.69) is 298 Å². The molecule has 464 valence electrons. The number of benzene rings is 13. The van der Waals surface area contributed by atoms with Gasteiger partial charge in [0.2, 0.25) is 6.71 Å². The molecule has 0 unspecified atom stereocenters. The average molecular weight is 1260 g/mol. The summed E-state index contributed by atoms with van der Waals surface area (Å²) >= 11 is 1.79. The topological polar surface area (TPSA) is 17.4 Å². The summed E-state index contributed by atoms with van der Waals surface area (Å²) in [5, 5.41) is 0.0313. The molecule has 4 heterocycles. The minimum absolute atomic E-state index is 0.0156. The SMILES string of the molecule is [2H]c1c([2H])c([2H])c2c(c1[2H])c1c([2H])c([2H])c([2H])c([2H])c1n2-c1ccc2c(c1)N(c1c(-c3ccccc3)cc(C(C)(C)C)cc1-c1ccccc1)c1cc(-c3ccc4c(c3)C(c3ccccc3)(c3ccccc3)c3ccccc3O4)cc3c1B2c1ccc(-c2cc(C(C)(C)C)cc(C(C)(C)C)c2)cc1S3. The van der Waals surface area contributed by atoms with E-state index in [0.29, 0.717) is 5.69 Å². The van der Waals surface area contributed by atoms with Crippen LogP contribution in [0.5, 0.6) is 11.5 Å². The molecule has 3 aliphatic heterocycles. The third-order valence-electron chi connectivity index (χ3n) is 20.1. The number of rotatable bonds is 8. The molecular weight excluding hydrogens is 1180 g/mol. The van der Waals surface area contributed by atoms with Crippen molar-refractivity contribution >= 4 is 73.7 Å². The highest BCUT2D eigenvalue weighted by molar-refractivity contribution is 8.00. The molecule has 3 nitrogen and oxygen atoms in total. The van der Waals surface area contributed by atoms with Crippen LogP contribution in [0.3, 0.4) is 0 Å². The highest BCUT2D eigenvalue weighted by Crippen LogP contribution is 2.57. The summed E-state index contributed by atoms with van der Waals surface area (Å²) in [7, 11) is 0. The van der Waals surface area contributed by atoms with E-state index in [4.69, 9.17) is 7.48 Å². The lowest BCUT2D eigenvalue weighted by Gasteiger charge is -2.43. The number of para-hydroxylation sites is 3. The maximum atomic E-state index is 9.78. The smallest absolute Gasteiger partial charge is 0.249 e. The molecular formula is C91H75BN2OS. The lowest BCUT2D eigenvalue weighted by atomic mass is 9.34. The van der Waals surface area contributed by atoms with Gasteiger partial charge < -0.3 is 14.2 Å². The summed E-state index contributed by atoms with van der Waals surface area (Å²) in [6, 6.07) is 84.1. The lowest BCUT2D eigenvalue weighted by molar-refractivity contribution is 0.434. The molecule has 0 amide bonds. The Morgan fingerprint density at radius 1 is 0.396 bits per heavy atom. The van der Waals surface area contributed by atoms with Crippen LogP contribution in [0.25, 0.3) is 72.0 Å². The van der Waals surface area contributed by atoms with Gasteiger partial charge >= 0.3 is 0 Å². The number of aromatic nitrogens is 1. The average Bonchev–Trinajstić information content (AvgIpc) is 1.01. The summed E-state index contributed by atoms with van der Waals surface area (Å²) < 4.78 is 83.8. The Hall–Kier alpha value is -10.3. The molecule has 0 atom stereocenters. The van der Waals surface area contributed by atoms with Crippen LogP contribution in [-0.4, -0.2) is 11.3 Å². The van der Waals surface area contributed by atoms with Crippen molar-refractivity contribution < 1.29 is 15.7 Å². The van der Waals surface area contributed by atoms with Crippen LogP contribution >= 0.6 is 11.8 Å². The Morgan fingerprint density at radius 2 is 0.885 bits per heavy atom. The van der Waals surface area contributed by atoms with E-state index in [1.165, 1.54) is 11.1 Å². The Labute approximate surface area is 581 Å². The van der Waals surface area contributed by atoms with Gasteiger partial charge in [-0.2, -0.15) is 0 Å². The van der Waals surface area contributed by atoms with Crippen LogP contribution < -0.4 is 26.0 Å². The van der Waals surface area contributed by atoms with Crippen molar-refractivity contribution in [3.63, 3.8) is 0 Å². The maximum absolute atomic E-state index is 9.78. The highest BCUT2D eigenvalue weighted by atomic mass is 32.2. The predicted molar refractivity (Wildman–Crippen MR) is 407 cm³/mol. The van der Waals surface area contributed by atoms with E-state index < -0.39 is 29.6 Å². The molecule has 17 rings (SSSR count). The van der Waals surface area contributed by atoms with Gasteiger partial charge in [-0.05, 0) is 161 Å². The van der Waals surface area contributed by atoms with Gasteiger partial charge in [0.15, 0.2) is 0 Å². The van der Waals surface area contributed by atoms with Crippen molar-refractivity contribution in [3.8, 4) is 61.7 Å². The fourth-order valence-electron chi connectivity index (χ4n) is 15.2. The molecule has 14 aromatic rings. The second-order valence-electron chi connectivity index (χ2n) is 29.0. The van der Waals surface area contributed by atoms with E-state index in [1.54, 1.807) is 16.3 Å². The van der Waals surface area contributed by atoms with E-state index in [9.17, 15) is 8.22 Å². The van der Waals surface area contributed by atoms with Crippen LogP contribution in [0, 0.1) is 0 Å². The number of hydrogen-bond acceptors (Lipinski definition) is 3. The first-order valence-electron chi connectivity index (χ1n) is 37.2. The van der Waals surface area contributed by atoms with Gasteiger partial charge in [0, 0.05) is 59.9 Å². The van der Waals surface area contributed by atoms with Crippen molar-refractivity contribution in [2.24, 2.45) is 0 Å². The van der Waals surface area contributed by atoms with E-state index in [1.807, 2.05) is 12.1 Å². The van der Waals surface area contributed by atoms with Crippen LogP contribution in [0.4, 0.5) is 17.1 Å². The maximum Gasteiger partial charge on any atom is 0.249 e. The molecule has 0 aliphatic carbocycles. The second-order valence-corrected chi connectivity index (χ2v) is 30.1. The quantitative estimate of drug-likeness (QED) is 0.141. The van der Waals surface area contributed by atoms with Crippen LogP contribution in [0.2, 0.25) is 0 Å².